The van der Waals surface area contributed by atoms with E-state index in [1.807, 2.05) is 13.8 Å². The summed E-state index contributed by atoms with van der Waals surface area (Å²) >= 11 is 0. The van der Waals surface area contributed by atoms with Crippen molar-refractivity contribution in [1.29, 1.82) is 0 Å². The van der Waals surface area contributed by atoms with Gasteiger partial charge in [0, 0.05) is 5.69 Å². The number of hydrogen-bond acceptors (Lipinski definition) is 1. The van der Waals surface area contributed by atoms with Gasteiger partial charge >= 0.3 is 0 Å². The molecule has 0 saturated carbocycles. The minimum atomic E-state index is -0.214. The van der Waals surface area contributed by atoms with Gasteiger partial charge < -0.3 is 0 Å². The Morgan fingerprint density at radius 1 is 1.31 bits per heavy atom. The Balaban J connectivity index is 0.000000396. The maximum Gasteiger partial charge on any atom is 0.134 e. The zero-order valence-corrected chi connectivity index (χ0v) is 8.06. The third-order valence-electron chi connectivity index (χ3n) is 1.71. The number of aromatic amines is 1. The SMILES string of the molecule is CC.Cc1[nH]nc2cccc(F)c12. The minimum Gasteiger partial charge on any atom is -0.282 e. The molecule has 0 fully saturated rings. The third kappa shape index (κ3) is 1.69. The van der Waals surface area contributed by atoms with Crippen molar-refractivity contribution in [2.45, 2.75) is 20.8 Å². The van der Waals surface area contributed by atoms with Crippen molar-refractivity contribution in [1.82, 2.24) is 10.2 Å². The van der Waals surface area contributed by atoms with E-state index in [4.69, 9.17) is 0 Å². The number of fused-ring (bicyclic) bond motifs is 1. The van der Waals surface area contributed by atoms with Crippen LogP contribution < -0.4 is 0 Å². The molecular weight excluding hydrogens is 167 g/mol. The van der Waals surface area contributed by atoms with Gasteiger partial charge in [0.15, 0.2) is 0 Å². The number of nitrogens with zero attached hydrogens (tertiary/aromatic N) is 1. The molecule has 0 radical (unpaired) electrons. The molecule has 1 N–H and O–H groups in total. The van der Waals surface area contributed by atoms with Gasteiger partial charge in [0.1, 0.15) is 5.82 Å². The van der Waals surface area contributed by atoms with Crippen LogP contribution in [0.25, 0.3) is 10.9 Å². The molecule has 1 aromatic heterocycles. The van der Waals surface area contributed by atoms with Crippen molar-refractivity contribution in [3.63, 3.8) is 0 Å². The van der Waals surface area contributed by atoms with E-state index < -0.39 is 0 Å². The zero-order chi connectivity index (χ0) is 9.84. The van der Waals surface area contributed by atoms with E-state index in [9.17, 15) is 4.39 Å². The van der Waals surface area contributed by atoms with Crippen LogP contribution >= 0.6 is 0 Å². The highest BCUT2D eigenvalue weighted by Gasteiger charge is 2.04. The lowest BCUT2D eigenvalue weighted by Gasteiger charge is -1.89. The molecule has 0 unspecified atom stereocenters. The van der Waals surface area contributed by atoms with Crippen LogP contribution in [-0.2, 0) is 0 Å². The molecule has 2 rings (SSSR count). The van der Waals surface area contributed by atoms with Gasteiger partial charge in [-0.3, -0.25) is 5.10 Å². The minimum absolute atomic E-state index is 0.214. The molecule has 70 valence electrons. The number of rotatable bonds is 0. The van der Waals surface area contributed by atoms with Gasteiger partial charge in [0.2, 0.25) is 0 Å². The van der Waals surface area contributed by atoms with Crippen molar-refractivity contribution >= 4 is 10.9 Å². The first kappa shape index (κ1) is 9.71. The molecule has 0 atom stereocenters. The van der Waals surface area contributed by atoms with Gasteiger partial charge in [0.05, 0.1) is 10.9 Å². The fraction of sp³-hybridized carbons (Fsp3) is 0.300. The maximum atomic E-state index is 13.0. The maximum absolute atomic E-state index is 13.0. The van der Waals surface area contributed by atoms with Gasteiger partial charge in [-0.25, -0.2) is 4.39 Å². The molecule has 13 heavy (non-hydrogen) atoms. The van der Waals surface area contributed by atoms with Crippen LogP contribution in [0.3, 0.4) is 0 Å². The first-order chi connectivity index (χ1) is 6.29. The van der Waals surface area contributed by atoms with Gasteiger partial charge in [-0.1, -0.05) is 19.9 Å². The molecule has 0 amide bonds. The number of nitrogens with one attached hydrogen (secondary N) is 1. The fourth-order valence-corrected chi connectivity index (χ4v) is 1.18. The Kier molecular flexibility index (Phi) is 3.01. The summed E-state index contributed by atoms with van der Waals surface area (Å²) in [4.78, 5) is 0. The van der Waals surface area contributed by atoms with Gasteiger partial charge in [0.25, 0.3) is 0 Å². The van der Waals surface area contributed by atoms with E-state index in [1.54, 1.807) is 19.1 Å². The number of benzene rings is 1. The molecule has 0 aliphatic rings. The van der Waals surface area contributed by atoms with Crippen molar-refractivity contribution < 1.29 is 4.39 Å². The standard InChI is InChI=1S/C8H7FN2.C2H6/c1-5-8-6(9)3-2-4-7(8)11-10-5;1-2/h2-4H,1H3,(H,10,11);1-2H3. The summed E-state index contributed by atoms with van der Waals surface area (Å²) in [5.41, 5.74) is 1.46. The van der Waals surface area contributed by atoms with Crippen molar-refractivity contribution in [2.75, 3.05) is 0 Å². The fourth-order valence-electron chi connectivity index (χ4n) is 1.18. The molecular formula is C10H13FN2. The summed E-state index contributed by atoms with van der Waals surface area (Å²) in [7, 11) is 0. The van der Waals surface area contributed by atoms with Gasteiger partial charge in [-0.15, -0.1) is 0 Å². The van der Waals surface area contributed by atoms with Gasteiger partial charge in [-0.05, 0) is 19.1 Å². The predicted molar refractivity (Wildman–Crippen MR) is 52.1 cm³/mol. The molecule has 0 spiro atoms. The Morgan fingerprint density at radius 3 is 2.62 bits per heavy atom. The lowest BCUT2D eigenvalue weighted by molar-refractivity contribution is 0.639. The van der Waals surface area contributed by atoms with Crippen LogP contribution in [0, 0.1) is 12.7 Å². The van der Waals surface area contributed by atoms with Crippen LogP contribution in [-0.4, -0.2) is 10.2 Å². The number of halogens is 1. The zero-order valence-electron chi connectivity index (χ0n) is 8.06. The number of aryl methyl sites for hydroxylation is 1. The molecule has 3 heteroatoms. The normalized spacial score (nSPS) is 9.54. The van der Waals surface area contributed by atoms with E-state index in [0.717, 1.165) is 5.69 Å². The van der Waals surface area contributed by atoms with E-state index in [2.05, 4.69) is 10.2 Å². The van der Waals surface area contributed by atoms with Crippen LogP contribution in [0.2, 0.25) is 0 Å². The van der Waals surface area contributed by atoms with Crippen LogP contribution in [0.15, 0.2) is 18.2 Å². The highest BCUT2D eigenvalue weighted by atomic mass is 19.1. The van der Waals surface area contributed by atoms with E-state index >= 15 is 0 Å². The monoisotopic (exact) mass is 180 g/mol. The molecule has 1 heterocycles. The number of H-pyrrole nitrogens is 1. The van der Waals surface area contributed by atoms with E-state index in [1.165, 1.54) is 6.07 Å². The van der Waals surface area contributed by atoms with Crippen molar-refractivity contribution in [2.24, 2.45) is 0 Å². The molecule has 2 aromatic rings. The van der Waals surface area contributed by atoms with Crippen LogP contribution in [0.1, 0.15) is 19.5 Å². The Morgan fingerprint density at radius 2 is 2.00 bits per heavy atom. The Hall–Kier alpha value is -1.38. The number of hydrogen-bond donors (Lipinski definition) is 1. The second-order valence-electron chi connectivity index (χ2n) is 2.48. The van der Waals surface area contributed by atoms with E-state index in [0.29, 0.717) is 10.9 Å². The summed E-state index contributed by atoms with van der Waals surface area (Å²) < 4.78 is 13.0. The molecule has 1 aromatic carbocycles. The number of aromatic nitrogens is 2. The summed E-state index contributed by atoms with van der Waals surface area (Å²) in [5.74, 6) is -0.214. The largest absolute Gasteiger partial charge is 0.282 e. The second kappa shape index (κ2) is 4.03. The topological polar surface area (TPSA) is 28.7 Å². The molecule has 0 aliphatic carbocycles. The lowest BCUT2D eigenvalue weighted by atomic mass is 10.2. The summed E-state index contributed by atoms with van der Waals surface area (Å²) in [6.07, 6.45) is 0. The summed E-state index contributed by atoms with van der Waals surface area (Å²) in [6, 6.07) is 4.87. The Labute approximate surface area is 76.8 Å². The molecule has 0 aliphatic heterocycles. The highest BCUT2D eigenvalue weighted by molar-refractivity contribution is 5.81. The van der Waals surface area contributed by atoms with Crippen molar-refractivity contribution in [3.05, 3.63) is 29.7 Å². The smallest absolute Gasteiger partial charge is 0.134 e. The quantitative estimate of drug-likeness (QED) is 0.663. The van der Waals surface area contributed by atoms with E-state index in [-0.39, 0.29) is 5.82 Å². The Bertz CT molecular complexity index is 393. The first-order valence-corrected chi connectivity index (χ1v) is 4.38. The van der Waals surface area contributed by atoms with Crippen LogP contribution in [0.5, 0.6) is 0 Å². The molecule has 2 nitrogen and oxygen atoms in total. The average Bonchev–Trinajstić information content (AvgIpc) is 2.53. The molecule has 0 saturated heterocycles. The van der Waals surface area contributed by atoms with Gasteiger partial charge in [-0.2, -0.15) is 5.10 Å². The van der Waals surface area contributed by atoms with Crippen molar-refractivity contribution in [3.8, 4) is 0 Å². The lowest BCUT2D eigenvalue weighted by Crippen LogP contribution is -1.76. The highest BCUT2D eigenvalue weighted by Crippen LogP contribution is 2.17. The third-order valence-corrected chi connectivity index (χ3v) is 1.71. The second-order valence-corrected chi connectivity index (χ2v) is 2.48. The molecule has 0 bridgehead atoms. The summed E-state index contributed by atoms with van der Waals surface area (Å²) in [6.45, 7) is 5.80. The summed E-state index contributed by atoms with van der Waals surface area (Å²) in [5, 5.41) is 7.23. The predicted octanol–water partition coefficient (Wildman–Crippen LogP) is 3.04. The average molecular weight is 180 g/mol. The first-order valence-electron chi connectivity index (χ1n) is 4.38. The van der Waals surface area contributed by atoms with Crippen LogP contribution in [0.4, 0.5) is 4.39 Å².